The van der Waals surface area contributed by atoms with Crippen LogP contribution >= 0.6 is 11.8 Å². The Morgan fingerprint density at radius 2 is 1.75 bits per heavy atom. The molecule has 1 heterocycles. The molecule has 0 saturated carbocycles. The van der Waals surface area contributed by atoms with Crippen molar-refractivity contribution < 1.29 is 19.1 Å². The number of fused-ring (bicyclic) bond motifs is 1. The van der Waals surface area contributed by atoms with Gasteiger partial charge in [0.25, 0.3) is 5.91 Å². The summed E-state index contributed by atoms with van der Waals surface area (Å²) in [7, 11) is 0. The molecule has 0 aliphatic rings. The largest absolute Gasteiger partial charge is 0.451 e. The Balaban J connectivity index is 1.59. The molecule has 2 amide bonds. The molecule has 28 heavy (non-hydrogen) atoms. The van der Waals surface area contributed by atoms with Crippen LogP contribution in [0.15, 0.2) is 65.6 Å². The first-order valence-corrected chi connectivity index (χ1v) is 9.34. The van der Waals surface area contributed by atoms with Gasteiger partial charge in [-0.05, 0) is 24.3 Å². The topological polar surface area (TPSA) is 111 Å². The summed E-state index contributed by atoms with van der Waals surface area (Å²) in [5.41, 5.74) is 6.46. The van der Waals surface area contributed by atoms with E-state index in [2.05, 4.69) is 10.3 Å². The minimum atomic E-state index is -0.683. The van der Waals surface area contributed by atoms with Crippen LogP contribution in [0.4, 0.5) is 5.69 Å². The summed E-state index contributed by atoms with van der Waals surface area (Å²) in [4.78, 5) is 40.2. The van der Waals surface area contributed by atoms with E-state index in [0.717, 1.165) is 5.39 Å². The second kappa shape index (κ2) is 9.01. The lowest BCUT2D eigenvalue weighted by atomic mass is 10.2. The number of primary amides is 1. The third-order valence-corrected chi connectivity index (χ3v) is 4.77. The first-order chi connectivity index (χ1) is 13.5. The second-order valence-electron chi connectivity index (χ2n) is 5.76. The van der Waals surface area contributed by atoms with Crippen molar-refractivity contribution in [1.82, 2.24) is 4.98 Å². The number of carbonyl (C=O) groups excluding carboxylic acids is 3. The van der Waals surface area contributed by atoms with Crippen molar-refractivity contribution >= 4 is 46.1 Å². The Labute approximate surface area is 165 Å². The van der Waals surface area contributed by atoms with Gasteiger partial charge >= 0.3 is 5.97 Å². The average molecular weight is 395 g/mol. The van der Waals surface area contributed by atoms with E-state index >= 15 is 0 Å². The van der Waals surface area contributed by atoms with E-state index in [0.29, 0.717) is 16.1 Å². The highest BCUT2D eigenvalue weighted by Gasteiger charge is 2.13. The van der Waals surface area contributed by atoms with Crippen molar-refractivity contribution in [1.29, 1.82) is 0 Å². The summed E-state index contributed by atoms with van der Waals surface area (Å²) in [5, 5.41) is 3.57. The molecule has 7 nitrogen and oxygen atoms in total. The number of nitrogens with one attached hydrogen (secondary N) is 1. The van der Waals surface area contributed by atoms with Crippen LogP contribution in [0.2, 0.25) is 0 Å². The average Bonchev–Trinajstić information content (AvgIpc) is 2.71. The molecule has 0 saturated heterocycles. The number of benzene rings is 2. The molecule has 0 spiro atoms. The van der Waals surface area contributed by atoms with Gasteiger partial charge in [-0.3, -0.25) is 9.59 Å². The molecule has 1 aromatic heterocycles. The number of rotatable bonds is 7. The van der Waals surface area contributed by atoms with E-state index in [-0.39, 0.29) is 11.4 Å². The number of nitrogens with two attached hydrogens (primary N) is 1. The van der Waals surface area contributed by atoms with Crippen LogP contribution in [0, 0.1) is 0 Å². The molecular weight excluding hydrogens is 378 g/mol. The third kappa shape index (κ3) is 5.08. The normalized spacial score (nSPS) is 10.4. The van der Waals surface area contributed by atoms with Crippen LogP contribution in [-0.2, 0) is 14.3 Å². The van der Waals surface area contributed by atoms with Gasteiger partial charge in [0.2, 0.25) is 5.91 Å². The van der Waals surface area contributed by atoms with Crippen LogP contribution in [0.25, 0.3) is 10.9 Å². The molecule has 3 N–H and O–H groups in total. The number of nitrogens with zero attached hydrogens (tertiary/aromatic N) is 1. The molecule has 0 bridgehead atoms. The standard InChI is InChI=1S/C20H17N3O4S/c21-18(24)12-28-17-8-4-3-7-15(17)23-19(25)11-27-20(26)16-10-9-13-5-1-2-6-14(13)22-16/h1-10H,11-12H2,(H2,21,24)(H,23,25). The molecule has 0 radical (unpaired) electrons. The highest BCUT2D eigenvalue weighted by molar-refractivity contribution is 8.00. The maximum absolute atomic E-state index is 12.2. The Morgan fingerprint density at radius 1 is 1.00 bits per heavy atom. The number of esters is 1. The summed E-state index contributed by atoms with van der Waals surface area (Å²) in [5.74, 6) is -1.54. The molecule has 142 valence electrons. The summed E-state index contributed by atoms with van der Waals surface area (Å²) < 4.78 is 5.05. The van der Waals surface area contributed by atoms with Crippen LogP contribution in [0.1, 0.15) is 10.5 Å². The lowest BCUT2D eigenvalue weighted by Crippen LogP contribution is -2.21. The fourth-order valence-electron chi connectivity index (χ4n) is 2.42. The summed E-state index contributed by atoms with van der Waals surface area (Å²) in [6.07, 6.45) is 0. The molecule has 3 rings (SSSR count). The highest BCUT2D eigenvalue weighted by atomic mass is 32.2. The van der Waals surface area contributed by atoms with Crippen molar-refractivity contribution in [3.8, 4) is 0 Å². The number of thioether (sulfide) groups is 1. The molecule has 3 aromatic rings. The van der Waals surface area contributed by atoms with Gasteiger partial charge in [0.1, 0.15) is 5.69 Å². The van der Waals surface area contributed by atoms with Crippen molar-refractivity contribution in [2.45, 2.75) is 4.90 Å². The van der Waals surface area contributed by atoms with Crippen LogP contribution in [-0.4, -0.2) is 35.1 Å². The monoisotopic (exact) mass is 395 g/mol. The number of amides is 2. The van der Waals surface area contributed by atoms with Gasteiger partial charge in [-0.25, -0.2) is 9.78 Å². The number of hydrogen-bond donors (Lipinski definition) is 2. The van der Waals surface area contributed by atoms with Crippen molar-refractivity contribution in [2.75, 3.05) is 17.7 Å². The highest BCUT2D eigenvalue weighted by Crippen LogP contribution is 2.26. The van der Waals surface area contributed by atoms with Crippen LogP contribution < -0.4 is 11.1 Å². The predicted octanol–water partition coefficient (Wildman–Crippen LogP) is 2.61. The predicted molar refractivity (Wildman–Crippen MR) is 107 cm³/mol. The van der Waals surface area contributed by atoms with Gasteiger partial charge in [0.15, 0.2) is 6.61 Å². The van der Waals surface area contributed by atoms with Gasteiger partial charge in [0.05, 0.1) is 17.0 Å². The zero-order chi connectivity index (χ0) is 19.9. The second-order valence-corrected chi connectivity index (χ2v) is 6.78. The SMILES string of the molecule is NC(=O)CSc1ccccc1NC(=O)COC(=O)c1ccc2ccccc2n1. The molecule has 2 aromatic carbocycles. The van der Waals surface area contributed by atoms with Gasteiger partial charge in [0, 0.05) is 10.3 Å². The minimum absolute atomic E-state index is 0.0928. The summed E-state index contributed by atoms with van der Waals surface area (Å²) >= 11 is 1.21. The maximum Gasteiger partial charge on any atom is 0.357 e. The molecule has 0 atom stereocenters. The Hall–Kier alpha value is -3.39. The quantitative estimate of drug-likeness (QED) is 0.470. The molecule has 0 fully saturated rings. The van der Waals surface area contributed by atoms with Gasteiger partial charge in [-0.15, -0.1) is 11.8 Å². The molecule has 0 aliphatic heterocycles. The fraction of sp³-hybridized carbons (Fsp3) is 0.100. The lowest BCUT2D eigenvalue weighted by Gasteiger charge is -2.10. The van der Waals surface area contributed by atoms with Crippen LogP contribution in [0.5, 0.6) is 0 Å². The zero-order valence-electron chi connectivity index (χ0n) is 14.8. The molecular formula is C20H17N3O4S. The third-order valence-electron chi connectivity index (χ3n) is 3.67. The number of aromatic nitrogens is 1. The Morgan fingerprint density at radius 3 is 2.57 bits per heavy atom. The van der Waals surface area contributed by atoms with E-state index in [1.807, 2.05) is 18.2 Å². The Kier molecular flexibility index (Phi) is 6.23. The van der Waals surface area contributed by atoms with Gasteiger partial charge in [-0.2, -0.15) is 0 Å². The number of carbonyl (C=O) groups is 3. The lowest BCUT2D eigenvalue weighted by molar-refractivity contribution is -0.119. The number of hydrogen-bond acceptors (Lipinski definition) is 6. The molecule has 0 aliphatic carbocycles. The Bertz CT molecular complexity index is 1040. The summed E-state index contributed by atoms with van der Waals surface area (Å²) in [6.45, 7) is -0.456. The van der Waals surface area contributed by atoms with Gasteiger partial charge < -0.3 is 15.8 Å². The van der Waals surface area contributed by atoms with E-state index in [1.54, 1.807) is 42.5 Å². The van der Waals surface area contributed by atoms with Crippen molar-refractivity contribution in [3.63, 3.8) is 0 Å². The number of pyridine rings is 1. The van der Waals surface area contributed by atoms with E-state index in [9.17, 15) is 14.4 Å². The number of anilines is 1. The first kappa shape index (κ1) is 19.4. The summed E-state index contributed by atoms with van der Waals surface area (Å²) in [6, 6.07) is 17.7. The van der Waals surface area contributed by atoms with Crippen molar-refractivity contribution in [3.05, 3.63) is 66.4 Å². The first-order valence-electron chi connectivity index (χ1n) is 8.36. The van der Waals surface area contributed by atoms with E-state index < -0.39 is 24.4 Å². The molecule has 8 heteroatoms. The van der Waals surface area contributed by atoms with E-state index in [4.69, 9.17) is 10.5 Å². The number of ether oxygens (including phenoxy) is 1. The van der Waals surface area contributed by atoms with Crippen molar-refractivity contribution in [2.24, 2.45) is 5.73 Å². The molecule has 0 unspecified atom stereocenters. The van der Waals surface area contributed by atoms with Crippen LogP contribution in [0.3, 0.4) is 0 Å². The fourth-order valence-corrected chi connectivity index (χ4v) is 3.16. The minimum Gasteiger partial charge on any atom is -0.451 e. The van der Waals surface area contributed by atoms with Gasteiger partial charge in [-0.1, -0.05) is 36.4 Å². The van der Waals surface area contributed by atoms with E-state index in [1.165, 1.54) is 11.8 Å². The number of para-hydroxylation sites is 2. The maximum atomic E-state index is 12.2. The smallest absolute Gasteiger partial charge is 0.357 e. The zero-order valence-corrected chi connectivity index (χ0v) is 15.6.